The van der Waals surface area contributed by atoms with Gasteiger partial charge in [-0.2, -0.15) is 11.8 Å². The second kappa shape index (κ2) is 5.19. The first-order valence-corrected chi connectivity index (χ1v) is 7.60. The fraction of sp³-hybridized carbons (Fsp3) is 1.00. The molecule has 2 saturated heterocycles. The molecule has 82 valence electrons. The van der Waals surface area contributed by atoms with Gasteiger partial charge in [0.15, 0.2) is 0 Å². The van der Waals surface area contributed by atoms with Crippen molar-refractivity contribution in [3.63, 3.8) is 0 Å². The van der Waals surface area contributed by atoms with Gasteiger partial charge < -0.3 is 4.74 Å². The summed E-state index contributed by atoms with van der Waals surface area (Å²) in [5.74, 6) is 2.66. The van der Waals surface area contributed by atoms with Crippen molar-refractivity contribution >= 4 is 27.7 Å². The van der Waals surface area contributed by atoms with E-state index in [1.807, 2.05) is 0 Å². The summed E-state index contributed by atoms with van der Waals surface area (Å²) in [7, 11) is 0. The van der Waals surface area contributed by atoms with Crippen LogP contribution in [0.3, 0.4) is 0 Å². The van der Waals surface area contributed by atoms with Crippen LogP contribution in [0.25, 0.3) is 0 Å². The minimum absolute atomic E-state index is 0.393. The Bertz CT molecular complexity index is 187. The van der Waals surface area contributed by atoms with Gasteiger partial charge in [0.2, 0.25) is 0 Å². The van der Waals surface area contributed by atoms with Gasteiger partial charge in [0.25, 0.3) is 0 Å². The van der Waals surface area contributed by atoms with Crippen LogP contribution in [-0.2, 0) is 4.74 Å². The monoisotopic (exact) mass is 279 g/mol. The number of alkyl halides is 1. The molecular formula is C10H18BrNOS. The molecule has 0 aromatic carbocycles. The van der Waals surface area contributed by atoms with Gasteiger partial charge in [-0.1, -0.05) is 15.9 Å². The van der Waals surface area contributed by atoms with E-state index in [0.717, 1.165) is 24.5 Å². The molecule has 2 heterocycles. The molecule has 2 nitrogen and oxygen atoms in total. The summed E-state index contributed by atoms with van der Waals surface area (Å²) in [6.45, 7) is 4.42. The summed E-state index contributed by atoms with van der Waals surface area (Å²) in [6, 6.07) is 0.813. The topological polar surface area (TPSA) is 12.5 Å². The van der Waals surface area contributed by atoms with Crippen LogP contribution in [0.15, 0.2) is 0 Å². The quantitative estimate of drug-likeness (QED) is 0.718. The molecule has 0 radical (unpaired) electrons. The summed E-state index contributed by atoms with van der Waals surface area (Å²) < 4.78 is 5.83. The van der Waals surface area contributed by atoms with Crippen molar-refractivity contribution < 1.29 is 4.74 Å². The second-order valence-corrected chi connectivity index (χ2v) is 5.99. The molecule has 14 heavy (non-hydrogen) atoms. The molecule has 0 aliphatic carbocycles. The van der Waals surface area contributed by atoms with E-state index in [1.54, 1.807) is 0 Å². The van der Waals surface area contributed by atoms with E-state index in [1.165, 1.54) is 17.9 Å². The molecule has 0 N–H and O–H groups in total. The lowest BCUT2D eigenvalue weighted by molar-refractivity contribution is -0.0748. The zero-order valence-corrected chi connectivity index (χ0v) is 11.0. The van der Waals surface area contributed by atoms with Crippen molar-refractivity contribution in [2.75, 3.05) is 29.9 Å². The van der Waals surface area contributed by atoms with E-state index >= 15 is 0 Å². The standard InChI is InChI=1S/C10H18BrNOS/c1-8-5-12(6-10(4-11)13-8)9-2-3-14-7-9/h8-10H,2-7H2,1H3. The summed E-state index contributed by atoms with van der Waals surface area (Å²) >= 11 is 5.61. The molecule has 0 amide bonds. The van der Waals surface area contributed by atoms with Crippen LogP contribution < -0.4 is 0 Å². The summed E-state index contributed by atoms with van der Waals surface area (Å²) in [6.07, 6.45) is 2.16. The number of morpholine rings is 1. The third-order valence-electron chi connectivity index (χ3n) is 2.95. The number of hydrogen-bond acceptors (Lipinski definition) is 3. The molecule has 4 heteroatoms. The highest BCUT2D eigenvalue weighted by molar-refractivity contribution is 9.09. The Morgan fingerprint density at radius 2 is 2.36 bits per heavy atom. The Labute approximate surface area is 98.9 Å². The van der Waals surface area contributed by atoms with Crippen molar-refractivity contribution in [2.45, 2.75) is 31.6 Å². The zero-order valence-electron chi connectivity index (χ0n) is 8.62. The Balaban J connectivity index is 1.90. The molecule has 0 saturated carbocycles. The molecule has 3 unspecified atom stereocenters. The molecule has 0 bridgehead atoms. The maximum absolute atomic E-state index is 5.83. The Morgan fingerprint density at radius 1 is 1.50 bits per heavy atom. The van der Waals surface area contributed by atoms with Gasteiger partial charge in [-0.25, -0.2) is 0 Å². The largest absolute Gasteiger partial charge is 0.372 e. The van der Waals surface area contributed by atoms with Gasteiger partial charge in [-0.05, 0) is 19.1 Å². The summed E-state index contributed by atoms with van der Waals surface area (Å²) in [4.78, 5) is 2.63. The normalized spacial score (nSPS) is 40.3. The summed E-state index contributed by atoms with van der Waals surface area (Å²) in [5.41, 5.74) is 0. The fourth-order valence-corrected chi connectivity index (χ4v) is 3.89. The van der Waals surface area contributed by atoms with Gasteiger partial charge in [-0.3, -0.25) is 4.90 Å². The van der Waals surface area contributed by atoms with Crippen LogP contribution in [0, 0.1) is 0 Å². The zero-order chi connectivity index (χ0) is 9.97. The molecule has 0 spiro atoms. The van der Waals surface area contributed by atoms with Gasteiger partial charge in [0, 0.05) is 30.2 Å². The van der Waals surface area contributed by atoms with E-state index in [9.17, 15) is 0 Å². The van der Waals surface area contributed by atoms with E-state index < -0.39 is 0 Å². The molecule has 2 fully saturated rings. The Morgan fingerprint density at radius 3 is 3.00 bits per heavy atom. The smallest absolute Gasteiger partial charge is 0.0802 e. The minimum Gasteiger partial charge on any atom is -0.372 e. The van der Waals surface area contributed by atoms with Gasteiger partial charge in [-0.15, -0.1) is 0 Å². The van der Waals surface area contributed by atoms with Crippen molar-refractivity contribution in [3.05, 3.63) is 0 Å². The first-order valence-electron chi connectivity index (χ1n) is 5.33. The Kier molecular flexibility index (Phi) is 4.17. The van der Waals surface area contributed by atoms with Crippen molar-refractivity contribution in [2.24, 2.45) is 0 Å². The summed E-state index contributed by atoms with van der Waals surface area (Å²) in [5, 5.41) is 0.966. The number of rotatable bonds is 2. The van der Waals surface area contributed by atoms with Gasteiger partial charge in [0.1, 0.15) is 0 Å². The van der Waals surface area contributed by atoms with Gasteiger partial charge in [0.05, 0.1) is 12.2 Å². The van der Waals surface area contributed by atoms with E-state index in [4.69, 9.17) is 4.74 Å². The average Bonchev–Trinajstić information content (AvgIpc) is 2.69. The number of halogens is 1. The van der Waals surface area contributed by atoms with Gasteiger partial charge >= 0.3 is 0 Å². The SMILES string of the molecule is CC1CN(C2CCSC2)CC(CBr)O1. The number of nitrogens with zero attached hydrogens (tertiary/aromatic N) is 1. The molecule has 3 atom stereocenters. The highest BCUT2D eigenvalue weighted by atomic mass is 79.9. The molecule has 2 rings (SSSR count). The lowest BCUT2D eigenvalue weighted by Gasteiger charge is -2.39. The van der Waals surface area contributed by atoms with Crippen LogP contribution in [0.1, 0.15) is 13.3 Å². The van der Waals surface area contributed by atoms with Crippen LogP contribution in [0.4, 0.5) is 0 Å². The number of ether oxygens (including phenoxy) is 1. The van der Waals surface area contributed by atoms with Crippen LogP contribution in [0.5, 0.6) is 0 Å². The average molecular weight is 280 g/mol. The number of thioether (sulfide) groups is 1. The van der Waals surface area contributed by atoms with Crippen molar-refractivity contribution in [1.29, 1.82) is 0 Å². The van der Waals surface area contributed by atoms with Crippen LogP contribution in [-0.4, -0.2) is 53.1 Å². The highest BCUT2D eigenvalue weighted by Gasteiger charge is 2.30. The molecular weight excluding hydrogens is 262 g/mol. The van der Waals surface area contributed by atoms with Crippen molar-refractivity contribution in [3.8, 4) is 0 Å². The first kappa shape index (κ1) is 11.2. The maximum Gasteiger partial charge on any atom is 0.0802 e. The fourth-order valence-electron chi connectivity index (χ4n) is 2.27. The van der Waals surface area contributed by atoms with Crippen molar-refractivity contribution in [1.82, 2.24) is 4.90 Å². The third kappa shape index (κ3) is 2.65. The molecule has 2 aliphatic heterocycles. The lowest BCUT2D eigenvalue weighted by Crippen LogP contribution is -2.51. The predicted molar refractivity (Wildman–Crippen MR) is 65.4 cm³/mol. The number of hydrogen-bond donors (Lipinski definition) is 0. The lowest BCUT2D eigenvalue weighted by atomic mass is 10.1. The van der Waals surface area contributed by atoms with E-state index in [2.05, 4.69) is 39.5 Å². The minimum atomic E-state index is 0.393. The van der Waals surface area contributed by atoms with E-state index in [-0.39, 0.29) is 0 Å². The van der Waals surface area contributed by atoms with Crippen LogP contribution in [0.2, 0.25) is 0 Å². The maximum atomic E-state index is 5.83. The molecule has 0 aromatic heterocycles. The predicted octanol–water partition coefficient (Wildman–Crippen LogP) is 1.98. The molecule has 2 aliphatic rings. The molecule has 0 aromatic rings. The third-order valence-corrected chi connectivity index (χ3v) is 4.82. The van der Waals surface area contributed by atoms with Crippen LogP contribution >= 0.6 is 27.7 Å². The van der Waals surface area contributed by atoms with E-state index in [0.29, 0.717) is 12.2 Å². The first-order chi connectivity index (χ1) is 6.79. The highest BCUT2D eigenvalue weighted by Crippen LogP contribution is 2.25. The second-order valence-electron chi connectivity index (χ2n) is 4.19. The Hall–Kier alpha value is 0.750.